The second-order valence-electron chi connectivity index (χ2n) is 6.88. The maximum absolute atomic E-state index is 12.3. The molecule has 0 spiro atoms. The molecule has 7 heteroatoms. The quantitative estimate of drug-likeness (QED) is 0.697. The maximum atomic E-state index is 12.3. The van der Waals surface area contributed by atoms with Crippen molar-refractivity contribution in [2.75, 3.05) is 27.7 Å². The van der Waals surface area contributed by atoms with Gasteiger partial charge in [0.05, 0.1) is 12.0 Å². The first-order valence-corrected chi connectivity index (χ1v) is 10.6. The van der Waals surface area contributed by atoms with Crippen LogP contribution in [0.2, 0.25) is 0 Å². The second kappa shape index (κ2) is 9.71. The van der Waals surface area contributed by atoms with Crippen LogP contribution < -0.4 is 10.1 Å². The van der Waals surface area contributed by atoms with Gasteiger partial charge in [-0.25, -0.2) is 12.7 Å². The molecule has 6 nitrogen and oxygen atoms in total. The smallest absolute Gasteiger partial charge is 0.242 e. The summed E-state index contributed by atoms with van der Waals surface area (Å²) in [7, 11) is 0.964. The van der Waals surface area contributed by atoms with Crippen molar-refractivity contribution in [1.29, 1.82) is 0 Å². The summed E-state index contributed by atoms with van der Waals surface area (Å²) in [6, 6.07) is 14.7. The number of benzene rings is 2. The molecule has 1 amide bonds. The van der Waals surface area contributed by atoms with Crippen molar-refractivity contribution < 1.29 is 17.9 Å². The van der Waals surface area contributed by atoms with Crippen molar-refractivity contribution >= 4 is 15.9 Å². The van der Waals surface area contributed by atoms with Crippen LogP contribution in [0.5, 0.6) is 5.75 Å². The third kappa shape index (κ3) is 5.56. The van der Waals surface area contributed by atoms with Gasteiger partial charge in [-0.2, -0.15) is 0 Å². The molecule has 2 aromatic rings. The van der Waals surface area contributed by atoms with E-state index in [0.717, 1.165) is 4.31 Å². The fourth-order valence-electron chi connectivity index (χ4n) is 2.82. The van der Waals surface area contributed by atoms with Crippen molar-refractivity contribution in [2.45, 2.75) is 30.6 Å². The lowest BCUT2D eigenvalue weighted by Gasteiger charge is -2.15. The van der Waals surface area contributed by atoms with Gasteiger partial charge in [-0.05, 0) is 41.7 Å². The fourth-order valence-corrected chi connectivity index (χ4v) is 3.78. The van der Waals surface area contributed by atoms with Crippen LogP contribution in [0.3, 0.4) is 0 Å². The maximum Gasteiger partial charge on any atom is 0.242 e. The highest BCUT2D eigenvalue weighted by atomic mass is 32.2. The summed E-state index contributed by atoms with van der Waals surface area (Å²) in [6.07, 6.45) is 0.648. The molecule has 0 heterocycles. The zero-order valence-electron chi connectivity index (χ0n) is 16.8. The van der Waals surface area contributed by atoms with Crippen LogP contribution in [-0.4, -0.2) is 46.4 Å². The van der Waals surface area contributed by atoms with E-state index in [1.807, 2.05) is 30.3 Å². The van der Waals surface area contributed by atoms with E-state index >= 15 is 0 Å². The van der Waals surface area contributed by atoms with Gasteiger partial charge in [-0.3, -0.25) is 4.79 Å². The predicted octanol–water partition coefficient (Wildman–Crippen LogP) is 2.80. The van der Waals surface area contributed by atoms with Crippen LogP contribution in [0.15, 0.2) is 53.4 Å². The minimum absolute atomic E-state index is 0.0781. The zero-order chi connectivity index (χ0) is 20.7. The van der Waals surface area contributed by atoms with Crippen LogP contribution in [0.25, 0.3) is 0 Å². The number of aryl methyl sites for hydroxylation is 1. The molecule has 28 heavy (non-hydrogen) atoms. The molecule has 0 fully saturated rings. The van der Waals surface area contributed by atoms with Gasteiger partial charge in [-0.15, -0.1) is 0 Å². The number of nitrogens with one attached hydrogen (secondary N) is 1. The summed E-state index contributed by atoms with van der Waals surface area (Å²) in [5, 5.41) is 2.95. The van der Waals surface area contributed by atoms with E-state index < -0.39 is 10.0 Å². The summed E-state index contributed by atoms with van der Waals surface area (Å²) in [5.74, 6) is 0.710. The number of ether oxygens (including phenoxy) is 1. The topological polar surface area (TPSA) is 75.7 Å². The Bertz CT molecular complexity index is 896. The van der Waals surface area contributed by atoms with E-state index in [2.05, 4.69) is 12.2 Å². The van der Waals surface area contributed by atoms with Gasteiger partial charge >= 0.3 is 0 Å². The molecule has 0 saturated carbocycles. The standard InChI is InChI=1S/C21H28N2O4S/c1-16(17-8-6-5-7-9-17)15-22-21(24)13-10-18-14-19(11-12-20(18)27-4)28(25,26)23(2)3/h5-9,11-12,14,16H,10,13,15H2,1-4H3,(H,22,24). The van der Waals surface area contributed by atoms with Gasteiger partial charge < -0.3 is 10.1 Å². The Kier molecular flexibility index (Phi) is 7.60. The second-order valence-corrected chi connectivity index (χ2v) is 9.03. The summed E-state index contributed by atoms with van der Waals surface area (Å²) < 4.78 is 31.2. The number of amides is 1. The first-order valence-electron chi connectivity index (χ1n) is 9.16. The van der Waals surface area contributed by atoms with Crippen LogP contribution in [0, 0.1) is 0 Å². The lowest BCUT2D eigenvalue weighted by atomic mass is 10.0. The molecule has 152 valence electrons. The summed E-state index contributed by atoms with van der Waals surface area (Å²) in [6.45, 7) is 2.61. The predicted molar refractivity (Wildman–Crippen MR) is 110 cm³/mol. The monoisotopic (exact) mass is 404 g/mol. The normalized spacial score (nSPS) is 12.6. The fraction of sp³-hybridized carbons (Fsp3) is 0.381. The molecule has 1 unspecified atom stereocenters. The summed E-state index contributed by atoms with van der Waals surface area (Å²) >= 11 is 0. The van der Waals surface area contributed by atoms with Crippen LogP contribution in [0.1, 0.15) is 30.4 Å². The number of carbonyl (C=O) groups excluding carboxylic acids is 1. The highest BCUT2D eigenvalue weighted by Gasteiger charge is 2.19. The first kappa shape index (κ1) is 21.9. The number of nitrogens with zero attached hydrogens (tertiary/aromatic N) is 1. The van der Waals surface area contributed by atoms with E-state index in [0.29, 0.717) is 24.3 Å². The Labute approximate surface area is 167 Å². The molecular weight excluding hydrogens is 376 g/mol. The Morgan fingerprint density at radius 2 is 1.82 bits per heavy atom. The van der Waals surface area contributed by atoms with E-state index in [1.54, 1.807) is 12.1 Å². The van der Waals surface area contributed by atoms with Crippen LogP contribution in [-0.2, 0) is 21.2 Å². The molecule has 1 N–H and O–H groups in total. The molecule has 0 saturated heterocycles. The molecule has 1 atom stereocenters. The average Bonchev–Trinajstić information content (AvgIpc) is 2.70. The largest absolute Gasteiger partial charge is 0.496 e. The summed E-state index contributed by atoms with van der Waals surface area (Å²) in [5.41, 5.74) is 1.86. The molecule has 0 bridgehead atoms. The third-order valence-corrected chi connectivity index (χ3v) is 6.44. The van der Waals surface area contributed by atoms with E-state index in [1.165, 1.54) is 32.8 Å². The molecule has 0 aromatic heterocycles. The van der Waals surface area contributed by atoms with Crippen LogP contribution >= 0.6 is 0 Å². The van der Waals surface area contributed by atoms with Crippen molar-refractivity contribution in [2.24, 2.45) is 0 Å². The molecule has 0 aliphatic carbocycles. The van der Waals surface area contributed by atoms with Gasteiger partial charge in [0.2, 0.25) is 15.9 Å². The van der Waals surface area contributed by atoms with Crippen molar-refractivity contribution in [3.63, 3.8) is 0 Å². The van der Waals surface area contributed by atoms with Gasteiger partial charge in [0, 0.05) is 27.1 Å². The van der Waals surface area contributed by atoms with E-state index in [-0.39, 0.29) is 23.1 Å². The first-order chi connectivity index (χ1) is 13.3. The third-order valence-electron chi connectivity index (χ3n) is 4.63. The summed E-state index contributed by atoms with van der Waals surface area (Å²) in [4.78, 5) is 12.4. The molecule has 2 aromatic carbocycles. The van der Waals surface area contributed by atoms with Crippen molar-refractivity contribution in [3.8, 4) is 5.75 Å². The number of hydrogen-bond acceptors (Lipinski definition) is 4. The average molecular weight is 405 g/mol. The Balaban J connectivity index is 2.00. The number of carbonyl (C=O) groups is 1. The number of methoxy groups -OCH3 is 1. The molecule has 0 radical (unpaired) electrons. The zero-order valence-corrected chi connectivity index (χ0v) is 17.6. The molecule has 0 aliphatic heterocycles. The molecular formula is C21H28N2O4S. The lowest BCUT2D eigenvalue weighted by molar-refractivity contribution is -0.121. The number of hydrogen-bond donors (Lipinski definition) is 1. The van der Waals surface area contributed by atoms with Crippen molar-refractivity contribution in [3.05, 3.63) is 59.7 Å². The Morgan fingerprint density at radius 3 is 2.43 bits per heavy atom. The van der Waals surface area contributed by atoms with Gasteiger partial charge in [0.15, 0.2) is 0 Å². The van der Waals surface area contributed by atoms with Gasteiger partial charge in [0.25, 0.3) is 0 Å². The van der Waals surface area contributed by atoms with E-state index in [9.17, 15) is 13.2 Å². The Hall–Kier alpha value is -2.38. The highest BCUT2D eigenvalue weighted by molar-refractivity contribution is 7.89. The van der Waals surface area contributed by atoms with Crippen molar-refractivity contribution in [1.82, 2.24) is 9.62 Å². The Morgan fingerprint density at radius 1 is 1.14 bits per heavy atom. The molecule has 2 rings (SSSR count). The lowest BCUT2D eigenvalue weighted by Crippen LogP contribution is -2.27. The number of rotatable bonds is 9. The SMILES string of the molecule is COc1ccc(S(=O)(=O)N(C)C)cc1CCC(=O)NCC(C)c1ccccc1. The van der Waals surface area contributed by atoms with Gasteiger partial charge in [0.1, 0.15) is 5.75 Å². The highest BCUT2D eigenvalue weighted by Crippen LogP contribution is 2.25. The molecule has 0 aliphatic rings. The minimum Gasteiger partial charge on any atom is -0.496 e. The minimum atomic E-state index is -3.54. The number of sulfonamides is 1. The van der Waals surface area contributed by atoms with E-state index in [4.69, 9.17) is 4.74 Å². The van der Waals surface area contributed by atoms with Gasteiger partial charge in [-0.1, -0.05) is 37.3 Å². The van der Waals surface area contributed by atoms with Crippen LogP contribution in [0.4, 0.5) is 0 Å².